The number of aliphatic imine (C=N–C) groups is 1. The third kappa shape index (κ3) is 2.80. The lowest BCUT2D eigenvalue weighted by molar-refractivity contribution is 0.938. The molecule has 1 aromatic carbocycles. The van der Waals surface area contributed by atoms with Crippen LogP contribution in [0, 0.1) is 13.8 Å². The first-order chi connectivity index (χ1) is 7.66. The van der Waals surface area contributed by atoms with Gasteiger partial charge in [0.15, 0.2) is 5.17 Å². The molecule has 16 heavy (non-hydrogen) atoms. The molecule has 1 N–H and O–H groups in total. The van der Waals surface area contributed by atoms with Gasteiger partial charge < -0.3 is 5.32 Å². The van der Waals surface area contributed by atoms with Crippen molar-refractivity contribution in [2.24, 2.45) is 4.99 Å². The van der Waals surface area contributed by atoms with Crippen LogP contribution >= 0.6 is 27.7 Å². The molecule has 0 amide bonds. The monoisotopic (exact) mass is 298 g/mol. The summed E-state index contributed by atoms with van der Waals surface area (Å²) in [5.74, 6) is 1.17. The first-order valence-electron chi connectivity index (χ1n) is 5.38. The topological polar surface area (TPSA) is 24.4 Å². The number of benzene rings is 1. The molecule has 2 nitrogen and oxygen atoms in total. The Labute approximate surface area is 109 Å². The molecule has 0 atom stereocenters. The molecule has 1 aromatic rings. The molecular formula is C12H15BrN2S. The standard InChI is InChI=1S/C12H15BrN2S/c1-8-6-10(7-9(2)11(8)13)15-12-14-4-3-5-16-12/h6-7H,3-5H2,1-2H3,(H,14,15). The van der Waals surface area contributed by atoms with Gasteiger partial charge >= 0.3 is 0 Å². The van der Waals surface area contributed by atoms with Crippen LogP contribution in [-0.4, -0.2) is 17.5 Å². The molecule has 4 heteroatoms. The van der Waals surface area contributed by atoms with Crippen molar-refractivity contribution in [2.75, 3.05) is 17.6 Å². The number of nitrogens with one attached hydrogen (secondary N) is 1. The zero-order valence-electron chi connectivity index (χ0n) is 9.51. The van der Waals surface area contributed by atoms with Gasteiger partial charge in [-0.2, -0.15) is 0 Å². The van der Waals surface area contributed by atoms with Crippen molar-refractivity contribution >= 4 is 38.5 Å². The van der Waals surface area contributed by atoms with Gasteiger partial charge in [0.05, 0.1) is 0 Å². The molecule has 0 fully saturated rings. The van der Waals surface area contributed by atoms with Crippen LogP contribution in [0.2, 0.25) is 0 Å². The van der Waals surface area contributed by atoms with E-state index >= 15 is 0 Å². The molecule has 86 valence electrons. The van der Waals surface area contributed by atoms with Gasteiger partial charge in [0.1, 0.15) is 0 Å². The molecule has 0 saturated heterocycles. The van der Waals surface area contributed by atoms with Crippen LogP contribution in [0.3, 0.4) is 0 Å². The average Bonchev–Trinajstić information content (AvgIpc) is 2.27. The molecule has 2 rings (SSSR count). The molecule has 0 spiro atoms. The van der Waals surface area contributed by atoms with Gasteiger partial charge in [-0.15, -0.1) is 0 Å². The summed E-state index contributed by atoms with van der Waals surface area (Å²) in [6.45, 7) is 5.17. The Kier molecular flexibility index (Phi) is 3.92. The van der Waals surface area contributed by atoms with Crippen LogP contribution in [0.4, 0.5) is 5.69 Å². The van der Waals surface area contributed by atoms with E-state index in [1.807, 2.05) is 0 Å². The Morgan fingerprint density at radius 3 is 2.56 bits per heavy atom. The molecule has 0 bridgehead atoms. The van der Waals surface area contributed by atoms with Crippen LogP contribution in [-0.2, 0) is 0 Å². The van der Waals surface area contributed by atoms with Crippen molar-refractivity contribution in [1.29, 1.82) is 0 Å². The summed E-state index contributed by atoms with van der Waals surface area (Å²) in [5.41, 5.74) is 3.64. The van der Waals surface area contributed by atoms with E-state index < -0.39 is 0 Å². The minimum Gasteiger partial charge on any atom is -0.335 e. The number of hydrogen-bond donors (Lipinski definition) is 1. The quantitative estimate of drug-likeness (QED) is 0.848. The van der Waals surface area contributed by atoms with Gasteiger partial charge in [0.25, 0.3) is 0 Å². The van der Waals surface area contributed by atoms with E-state index in [0.29, 0.717) is 0 Å². The number of amidine groups is 1. The van der Waals surface area contributed by atoms with Crippen molar-refractivity contribution in [2.45, 2.75) is 20.3 Å². The second-order valence-corrected chi connectivity index (χ2v) is 5.81. The van der Waals surface area contributed by atoms with Crippen LogP contribution < -0.4 is 5.32 Å². The summed E-state index contributed by atoms with van der Waals surface area (Å²) in [5, 5.41) is 4.43. The Morgan fingerprint density at radius 1 is 1.31 bits per heavy atom. The number of hydrogen-bond acceptors (Lipinski definition) is 3. The number of thioether (sulfide) groups is 1. The maximum absolute atomic E-state index is 4.46. The second-order valence-electron chi connectivity index (χ2n) is 3.94. The fourth-order valence-corrected chi connectivity index (χ4v) is 2.75. The van der Waals surface area contributed by atoms with Gasteiger partial charge in [0.2, 0.25) is 0 Å². The van der Waals surface area contributed by atoms with Crippen molar-refractivity contribution in [3.05, 3.63) is 27.7 Å². The smallest absolute Gasteiger partial charge is 0.161 e. The number of rotatable bonds is 1. The van der Waals surface area contributed by atoms with E-state index in [0.717, 1.165) is 17.4 Å². The summed E-state index contributed by atoms with van der Waals surface area (Å²) in [7, 11) is 0. The van der Waals surface area contributed by atoms with Crippen molar-refractivity contribution in [3.63, 3.8) is 0 Å². The molecule has 1 heterocycles. The third-order valence-electron chi connectivity index (χ3n) is 2.48. The fourth-order valence-electron chi connectivity index (χ4n) is 1.68. The first kappa shape index (κ1) is 12.0. The Hall–Kier alpha value is -0.480. The van der Waals surface area contributed by atoms with Gasteiger partial charge in [0, 0.05) is 22.5 Å². The van der Waals surface area contributed by atoms with Gasteiger partial charge in [-0.1, -0.05) is 27.7 Å². The molecule has 0 radical (unpaired) electrons. The van der Waals surface area contributed by atoms with E-state index in [1.165, 1.54) is 27.8 Å². The Morgan fingerprint density at radius 2 is 2.00 bits per heavy atom. The number of halogens is 1. The first-order valence-corrected chi connectivity index (χ1v) is 7.15. The van der Waals surface area contributed by atoms with E-state index in [2.05, 4.69) is 52.2 Å². The van der Waals surface area contributed by atoms with Crippen molar-refractivity contribution in [1.82, 2.24) is 0 Å². The summed E-state index contributed by atoms with van der Waals surface area (Å²) < 4.78 is 1.19. The van der Waals surface area contributed by atoms with Crippen LogP contribution in [0.25, 0.3) is 0 Å². The maximum Gasteiger partial charge on any atom is 0.161 e. The molecule has 0 aliphatic carbocycles. The normalized spacial score (nSPS) is 15.8. The van der Waals surface area contributed by atoms with Gasteiger partial charge in [-0.05, 0) is 43.5 Å². The number of nitrogens with zero attached hydrogens (tertiary/aromatic N) is 1. The Balaban J connectivity index is 2.18. The molecular weight excluding hydrogens is 284 g/mol. The highest BCUT2D eigenvalue weighted by Crippen LogP contribution is 2.26. The molecule has 1 aliphatic heterocycles. The van der Waals surface area contributed by atoms with E-state index in [4.69, 9.17) is 0 Å². The molecule has 0 saturated carbocycles. The zero-order valence-corrected chi connectivity index (χ0v) is 11.9. The number of anilines is 1. The molecule has 1 aliphatic rings. The van der Waals surface area contributed by atoms with Gasteiger partial charge in [-0.3, -0.25) is 4.99 Å². The van der Waals surface area contributed by atoms with Crippen LogP contribution in [0.1, 0.15) is 17.5 Å². The highest BCUT2D eigenvalue weighted by molar-refractivity contribution is 9.10. The van der Waals surface area contributed by atoms with Crippen LogP contribution in [0.15, 0.2) is 21.6 Å². The third-order valence-corrected chi connectivity index (χ3v) is 4.73. The highest BCUT2D eigenvalue weighted by Gasteiger charge is 2.07. The fraction of sp³-hybridized carbons (Fsp3) is 0.417. The highest BCUT2D eigenvalue weighted by atomic mass is 79.9. The SMILES string of the molecule is Cc1cc(NC2=NCCCS2)cc(C)c1Br. The lowest BCUT2D eigenvalue weighted by Crippen LogP contribution is -2.13. The van der Waals surface area contributed by atoms with Crippen molar-refractivity contribution in [3.8, 4) is 0 Å². The maximum atomic E-state index is 4.46. The predicted octanol–water partition coefficient (Wildman–Crippen LogP) is 3.97. The largest absolute Gasteiger partial charge is 0.335 e. The Bertz CT molecular complexity index is 406. The summed E-state index contributed by atoms with van der Waals surface area (Å²) in [4.78, 5) is 4.46. The number of aryl methyl sites for hydroxylation is 2. The minimum absolute atomic E-state index is 0.948. The van der Waals surface area contributed by atoms with Crippen LogP contribution in [0.5, 0.6) is 0 Å². The summed E-state index contributed by atoms with van der Waals surface area (Å²) >= 11 is 5.38. The lowest BCUT2D eigenvalue weighted by atomic mass is 10.1. The minimum atomic E-state index is 0.948. The van der Waals surface area contributed by atoms with E-state index in [-0.39, 0.29) is 0 Å². The molecule has 0 aromatic heterocycles. The molecule has 0 unspecified atom stereocenters. The van der Waals surface area contributed by atoms with Gasteiger partial charge in [-0.25, -0.2) is 0 Å². The van der Waals surface area contributed by atoms with Crippen molar-refractivity contribution < 1.29 is 0 Å². The predicted molar refractivity (Wildman–Crippen MR) is 76.6 cm³/mol. The van der Waals surface area contributed by atoms with E-state index in [9.17, 15) is 0 Å². The van der Waals surface area contributed by atoms with E-state index in [1.54, 1.807) is 11.8 Å². The summed E-state index contributed by atoms with van der Waals surface area (Å²) in [6, 6.07) is 4.30. The second kappa shape index (κ2) is 5.23. The lowest BCUT2D eigenvalue weighted by Gasteiger charge is -2.14. The average molecular weight is 299 g/mol. The zero-order chi connectivity index (χ0) is 11.5. The summed E-state index contributed by atoms with van der Waals surface area (Å²) in [6.07, 6.45) is 1.19.